The first kappa shape index (κ1) is 19.1. The van der Waals surface area contributed by atoms with Gasteiger partial charge < -0.3 is 4.90 Å². The number of amides is 1. The summed E-state index contributed by atoms with van der Waals surface area (Å²) in [7, 11) is -0.373. The lowest BCUT2D eigenvalue weighted by molar-refractivity contribution is 0.0785. The molecule has 5 nitrogen and oxygen atoms in total. The zero-order chi connectivity index (χ0) is 18.6. The highest BCUT2D eigenvalue weighted by atomic mass is 32.2. The molecule has 2 aromatic rings. The van der Waals surface area contributed by atoms with Crippen LogP contribution in [0.3, 0.4) is 0 Å². The molecule has 0 aliphatic carbocycles. The van der Waals surface area contributed by atoms with Crippen LogP contribution in [0.15, 0.2) is 59.5 Å². The zero-order valence-corrected chi connectivity index (χ0v) is 15.8. The van der Waals surface area contributed by atoms with Crippen LogP contribution < -0.4 is 0 Å². The van der Waals surface area contributed by atoms with Gasteiger partial charge in [-0.25, -0.2) is 8.42 Å². The van der Waals surface area contributed by atoms with Gasteiger partial charge in [-0.2, -0.15) is 4.31 Å². The topological polar surface area (TPSA) is 57.7 Å². The van der Waals surface area contributed by atoms with Gasteiger partial charge in [0.05, 0.1) is 4.90 Å². The maximum Gasteiger partial charge on any atom is 0.253 e. The van der Waals surface area contributed by atoms with Crippen LogP contribution in [0.4, 0.5) is 0 Å². The maximum atomic E-state index is 12.6. The van der Waals surface area contributed by atoms with E-state index < -0.39 is 10.0 Å². The zero-order valence-electron chi connectivity index (χ0n) is 15.0. The number of carbonyl (C=O) groups is 1. The molecule has 0 saturated carbocycles. The van der Waals surface area contributed by atoms with Gasteiger partial charge >= 0.3 is 0 Å². The van der Waals surface area contributed by atoms with Crippen molar-refractivity contribution in [1.82, 2.24) is 9.21 Å². The van der Waals surface area contributed by atoms with E-state index in [2.05, 4.69) is 0 Å². The third-order valence-electron chi connectivity index (χ3n) is 4.09. The van der Waals surface area contributed by atoms with E-state index in [-0.39, 0.29) is 16.8 Å². The van der Waals surface area contributed by atoms with Crippen LogP contribution in [-0.4, -0.2) is 43.7 Å². The molecular formula is C19H24N2O3S. The lowest BCUT2D eigenvalue weighted by Crippen LogP contribution is -2.33. The summed E-state index contributed by atoms with van der Waals surface area (Å²) in [6, 6.07) is 15.7. The summed E-state index contributed by atoms with van der Waals surface area (Å²) in [6.07, 6.45) is 0. The molecule has 0 aromatic heterocycles. The predicted octanol–water partition coefficient (Wildman–Crippen LogP) is 2.99. The molecule has 0 fully saturated rings. The molecule has 0 radical (unpaired) electrons. The molecule has 0 aliphatic heterocycles. The Morgan fingerprint density at radius 3 is 2.24 bits per heavy atom. The molecule has 2 aromatic carbocycles. The van der Waals surface area contributed by atoms with Crippen molar-refractivity contribution in [2.24, 2.45) is 0 Å². The number of carbonyl (C=O) groups excluding carboxylic acids is 1. The monoisotopic (exact) mass is 360 g/mol. The lowest BCUT2D eigenvalue weighted by Gasteiger charge is -2.22. The summed E-state index contributed by atoms with van der Waals surface area (Å²) in [4.78, 5) is 14.4. The molecule has 0 atom stereocenters. The van der Waals surface area contributed by atoms with E-state index in [9.17, 15) is 13.2 Å². The van der Waals surface area contributed by atoms with E-state index in [1.165, 1.54) is 23.5 Å². The molecule has 0 unspecified atom stereocenters. The minimum atomic E-state index is -3.62. The summed E-state index contributed by atoms with van der Waals surface area (Å²) in [5.41, 5.74) is 1.37. The van der Waals surface area contributed by atoms with Crippen LogP contribution in [0.25, 0.3) is 0 Å². The molecule has 0 bridgehead atoms. The largest absolute Gasteiger partial charge is 0.337 e. The van der Waals surface area contributed by atoms with Crippen molar-refractivity contribution in [2.75, 3.05) is 14.1 Å². The number of hydrogen-bond acceptors (Lipinski definition) is 3. The molecule has 2 rings (SSSR count). The second-order valence-electron chi connectivity index (χ2n) is 6.29. The lowest BCUT2D eigenvalue weighted by atomic mass is 10.1. The molecule has 0 N–H and O–H groups in total. The van der Waals surface area contributed by atoms with Crippen LogP contribution in [0.5, 0.6) is 0 Å². The third-order valence-corrected chi connectivity index (χ3v) is 6.12. The molecule has 0 aliphatic rings. The van der Waals surface area contributed by atoms with Crippen LogP contribution in [0.2, 0.25) is 0 Å². The normalized spacial score (nSPS) is 11.8. The fourth-order valence-corrected chi connectivity index (χ4v) is 3.80. The summed E-state index contributed by atoms with van der Waals surface area (Å²) in [5.74, 6) is -0.215. The smallest absolute Gasteiger partial charge is 0.253 e. The van der Waals surface area contributed by atoms with Gasteiger partial charge in [-0.1, -0.05) is 36.4 Å². The van der Waals surface area contributed by atoms with Crippen molar-refractivity contribution < 1.29 is 13.2 Å². The Morgan fingerprint density at radius 1 is 1.00 bits per heavy atom. The van der Waals surface area contributed by atoms with Gasteiger partial charge in [0.2, 0.25) is 10.0 Å². The first-order chi connectivity index (χ1) is 11.7. The number of nitrogens with zero attached hydrogens (tertiary/aromatic N) is 2. The Labute approximate surface area is 149 Å². The third kappa shape index (κ3) is 4.46. The fourth-order valence-electron chi connectivity index (χ4n) is 2.38. The van der Waals surface area contributed by atoms with Crippen molar-refractivity contribution in [3.8, 4) is 0 Å². The molecule has 0 heterocycles. The van der Waals surface area contributed by atoms with Crippen molar-refractivity contribution in [3.05, 3.63) is 65.7 Å². The predicted molar refractivity (Wildman–Crippen MR) is 98.8 cm³/mol. The molecular weight excluding hydrogens is 336 g/mol. The number of benzene rings is 2. The van der Waals surface area contributed by atoms with Crippen molar-refractivity contribution in [1.29, 1.82) is 0 Å². The number of rotatable bonds is 6. The summed E-state index contributed by atoms with van der Waals surface area (Å²) >= 11 is 0. The quantitative estimate of drug-likeness (QED) is 0.796. The second kappa shape index (κ2) is 7.80. The average molecular weight is 360 g/mol. The summed E-state index contributed by atoms with van der Waals surface area (Å²) in [6.45, 7) is 4.07. The molecule has 0 spiro atoms. The van der Waals surface area contributed by atoms with Gasteiger partial charge in [-0.05, 0) is 37.6 Å². The SMILES string of the molecule is CC(C)N(C)S(=O)(=O)c1cccc(C(=O)N(C)Cc2ccccc2)c1. The van der Waals surface area contributed by atoms with E-state index in [0.29, 0.717) is 12.1 Å². The van der Waals surface area contributed by atoms with Crippen molar-refractivity contribution in [2.45, 2.75) is 31.3 Å². The summed E-state index contributed by atoms with van der Waals surface area (Å²) in [5, 5.41) is 0. The minimum Gasteiger partial charge on any atom is -0.337 e. The van der Waals surface area contributed by atoms with Crippen LogP contribution in [0.1, 0.15) is 29.8 Å². The van der Waals surface area contributed by atoms with E-state index in [4.69, 9.17) is 0 Å². The highest BCUT2D eigenvalue weighted by molar-refractivity contribution is 7.89. The van der Waals surface area contributed by atoms with Gasteiger partial charge in [0.1, 0.15) is 0 Å². The average Bonchev–Trinajstić information content (AvgIpc) is 2.61. The first-order valence-electron chi connectivity index (χ1n) is 8.11. The maximum absolute atomic E-state index is 12.6. The van der Waals surface area contributed by atoms with Gasteiger partial charge in [-0.3, -0.25) is 4.79 Å². The number of hydrogen-bond donors (Lipinski definition) is 0. The first-order valence-corrected chi connectivity index (χ1v) is 9.55. The Kier molecular flexibility index (Phi) is 5.98. The van der Waals surface area contributed by atoms with E-state index >= 15 is 0 Å². The Morgan fingerprint density at radius 2 is 1.64 bits per heavy atom. The molecule has 6 heteroatoms. The van der Waals surface area contributed by atoms with Gasteiger partial charge in [-0.15, -0.1) is 0 Å². The second-order valence-corrected chi connectivity index (χ2v) is 8.29. The fraction of sp³-hybridized carbons (Fsp3) is 0.316. The number of sulfonamides is 1. The summed E-state index contributed by atoms with van der Waals surface area (Å²) < 4.78 is 26.5. The minimum absolute atomic E-state index is 0.127. The van der Waals surface area contributed by atoms with E-state index in [1.807, 2.05) is 30.3 Å². The Bertz CT molecular complexity index is 833. The van der Waals surface area contributed by atoms with Crippen molar-refractivity contribution in [3.63, 3.8) is 0 Å². The molecule has 25 heavy (non-hydrogen) atoms. The molecule has 1 amide bonds. The highest BCUT2D eigenvalue weighted by Crippen LogP contribution is 2.19. The Hall–Kier alpha value is -2.18. The van der Waals surface area contributed by atoms with Gasteiger partial charge in [0.25, 0.3) is 5.91 Å². The highest BCUT2D eigenvalue weighted by Gasteiger charge is 2.24. The van der Waals surface area contributed by atoms with Crippen molar-refractivity contribution >= 4 is 15.9 Å². The van der Waals surface area contributed by atoms with Crippen LogP contribution in [0, 0.1) is 0 Å². The van der Waals surface area contributed by atoms with Crippen LogP contribution >= 0.6 is 0 Å². The Balaban J connectivity index is 2.24. The molecule has 134 valence electrons. The van der Waals surface area contributed by atoms with E-state index in [0.717, 1.165) is 5.56 Å². The standard InChI is InChI=1S/C19H24N2O3S/c1-15(2)21(4)25(23,24)18-12-8-11-17(13-18)19(22)20(3)14-16-9-6-5-7-10-16/h5-13,15H,14H2,1-4H3. The van der Waals surface area contributed by atoms with E-state index in [1.54, 1.807) is 37.9 Å². The molecule has 0 saturated heterocycles. The van der Waals surface area contributed by atoms with Crippen LogP contribution in [-0.2, 0) is 16.6 Å². The van der Waals surface area contributed by atoms with Gasteiger partial charge in [0, 0.05) is 32.2 Å². The van der Waals surface area contributed by atoms with Gasteiger partial charge in [0.15, 0.2) is 0 Å².